The van der Waals surface area contributed by atoms with Crippen molar-refractivity contribution in [3.8, 4) is 17.2 Å². The number of hydrogen-bond acceptors (Lipinski definition) is 6. The molecule has 1 aromatic carbocycles. The van der Waals surface area contributed by atoms with Gasteiger partial charge >= 0.3 is 6.61 Å². The fourth-order valence-electron chi connectivity index (χ4n) is 2.67. The highest BCUT2D eigenvalue weighted by atomic mass is 32.1. The van der Waals surface area contributed by atoms with Gasteiger partial charge in [-0.15, -0.1) is 11.3 Å². The van der Waals surface area contributed by atoms with E-state index < -0.39 is 6.61 Å². The lowest BCUT2D eigenvalue weighted by Gasteiger charge is -2.15. The Morgan fingerprint density at radius 3 is 2.79 bits per heavy atom. The molecular formula is C18H22F2N4O3S. The summed E-state index contributed by atoms with van der Waals surface area (Å²) in [5, 5.41) is 9.44. The summed E-state index contributed by atoms with van der Waals surface area (Å²) in [6.45, 7) is 0.0594. The maximum Gasteiger partial charge on any atom is 0.387 e. The fourth-order valence-corrected chi connectivity index (χ4v) is 3.49. The van der Waals surface area contributed by atoms with Gasteiger partial charge in [-0.25, -0.2) is 4.98 Å². The number of benzene rings is 1. The van der Waals surface area contributed by atoms with Crippen molar-refractivity contribution >= 4 is 17.3 Å². The molecule has 152 valence electrons. The van der Waals surface area contributed by atoms with Crippen molar-refractivity contribution in [2.45, 2.75) is 32.9 Å². The first-order valence-corrected chi connectivity index (χ1v) is 9.66. The molecule has 28 heavy (non-hydrogen) atoms. The number of thiazole rings is 1. The van der Waals surface area contributed by atoms with Crippen LogP contribution in [-0.2, 0) is 13.0 Å². The summed E-state index contributed by atoms with van der Waals surface area (Å²) >= 11 is 1.66. The van der Waals surface area contributed by atoms with Gasteiger partial charge in [0.15, 0.2) is 17.5 Å². The van der Waals surface area contributed by atoms with Gasteiger partial charge in [-0.3, -0.25) is 4.99 Å². The maximum absolute atomic E-state index is 12.7. The quantitative estimate of drug-likeness (QED) is 0.394. The summed E-state index contributed by atoms with van der Waals surface area (Å²) in [4.78, 5) is 8.58. The summed E-state index contributed by atoms with van der Waals surface area (Å²) in [6, 6.07) is 3.04. The first kappa shape index (κ1) is 20.1. The molecule has 10 heteroatoms. The molecular weight excluding hydrogens is 390 g/mol. The summed E-state index contributed by atoms with van der Waals surface area (Å²) in [5.41, 5.74) is 1.56. The van der Waals surface area contributed by atoms with E-state index in [1.807, 2.05) is 12.3 Å². The van der Waals surface area contributed by atoms with Crippen LogP contribution in [0.1, 0.15) is 22.7 Å². The van der Waals surface area contributed by atoms with Crippen molar-refractivity contribution in [2.24, 2.45) is 4.99 Å². The van der Waals surface area contributed by atoms with Gasteiger partial charge in [0, 0.05) is 49.3 Å². The zero-order chi connectivity index (χ0) is 19.9. The summed E-state index contributed by atoms with van der Waals surface area (Å²) in [7, 11) is 1.65. The number of alkyl halides is 2. The van der Waals surface area contributed by atoms with Gasteiger partial charge in [0.25, 0.3) is 0 Å². The molecule has 2 N–H and O–H groups in total. The molecule has 0 saturated carbocycles. The smallest absolute Gasteiger partial charge is 0.387 e. The summed E-state index contributed by atoms with van der Waals surface area (Å²) < 4.78 is 40.6. The van der Waals surface area contributed by atoms with Crippen LogP contribution in [0, 0.1) is 6.92 Å². The Balaban J connectivity index is 1.52. The minimum atomic E-state index is -2.92. The number of aliphatic imine (C=N–C) groups is 1. The Morgan fingerprint density at radius 2 is 2.11 bits per heavy atom. The van der Waals surface area contributed by atoms with E-state index >= 15 is 0 Å². The van der Waals surface area contributed by atoms with Crippen LogP contribution in [-0.4, -0.2) is 37.9 Å². The zero-order valence-electron chi connectivity index (χ0n) is 15.6. The van der Waals surface area contributed by atoms with Crippen molar-refractivity contribution in [3.05, 3.63) is 33.8 Å². The van der Waals surface area contributed by atoms with E-state index in [2.05, 4.69) is 25.3 Å². The second-order valence-corrected chi connectivity index (χ2v) is 6.97. The number of nitrogens with zero attached hydrogens (tertiary/aromatic N) is 2. The molecule has 0 amide bonds. The van der Waals surface area contributed by atoms with Crippen LogP contribution >= 0.6 is 11.3 Å². The van der Waals surface area contributed by atoms with E-state index in [4.69, 9.17) is 9.47 Å². The number of aryl methyl sites for hydroxylation is 2. The highest BCUT2D eigenvalue weighted by molar-refractivity contribution is 7.09. The third kappa shape index (κ3) is 5.44. The molecule has 3 rings (SSSR count). The minimum absolute atomic E-state index is 0.0429. The van der Waals surface area contributed by atoms with Crippen molar-refractivity contribution in [2.75, 3.05) is 20.4 Å². The molecule has 0 aliphatic carbocycles. The van der Waals surface area contributed by atoms with E-state index in [0.29, 0.717) is 29.6 Å². The van der Waals surface area contributed by atoms with Gasteiger partial charge in [-0.05, 0) is 19.4 Å². The topological polar surface area (TPSA) is 77.0 Å². The van der Waals surface area contributed by atoms with Crippen molar-refractivity contribution < 1.29 is 23.0 Å². The number of hydrogen-bond donors (Lipinski definition) is 2. The van der Waals surface area contributed by atoms with Gasteiger partial charge < -0.3 is 24.8 Å². The molecule has 0 atom stereocenters. The molecule has 0 bridgehead atoms. The number of ether oxygens (including phenoxy) is 3. The molecule has 0 unspecified atom stereocenters. The van der Waals surface area contributed by atoms with E-state index in [-0.39, 0.29) is 19.1 Å². The number of guanidine groups is 1. The van der Waals surface area contributed by atoms with Crippen LogP contribution in [0.2, 0.25) is 0 Å². The summed E-state index contributed by atoms with van der Waals surface area (Å²) in [5.74, 6) is 1.50. The van der Waals surface area contributed by atoms with E-state index in [0.717, 1.165) is 23.5 Å². The SMILES string of the molecule is CN=C(NCCCc1nc(C)cs1)NCc1cc2c(cc1OC(F)F)OCO2. The van der Waals surface area contributed by atoms with Crippen molar-refractivity contribution in [1.29, 1.82) is 0 Å². The Morgan fingerprint density at radius 1 is 1.32 bits per heavy atom. The average Bonchev–Trinajstić information content (AvgIpc) is 3.28. The third-order valence-corrected chi connectivity index (χ3v) is 4.99. The number of aromatic nitrogens is 1. The number of fused-ring (bicyclic) bond motifs is 1. The van der Waals surface area contributed by atoms with Gasteiger partial charge in [0.2, 0.25) is 6.79 Å². The predicted molar refractivity (Wildman–Crippen MR) is 103 cm³/mol. The molecule has 1 aliphatic heterocycles. The molecule has 1 aromatic heterocycles. The second-order valence-electron chi connectivity index (χ2n) is 6.03. The summed E-state index contributed by atoms with van der Waals surface area (Å²) in [6.07, 6.45) is 1.79. The Bertz CT molecular complexity index is 829. The molecule has 0 spiro atoms. The van der Waals surface area contributed by atoms with Gasteiger partial charge in [0.1, 0.15) is 5.75 Å². The highest BCUT2D eigenvalue weighted by Gasteiger charge is 2.20. The normalized spacial score (nSPS) is 13.1. The lowest BCUT2D eigenvalue weighted by Crippen LogP contribution is -2.37. The molecule has 2 heterocycles. The molecule has 0 saturated heterocycles. The lowest BCUT2D eigenvalue weighted by atomic mass is 10.1. The molecule has 0 radical (unpaired) electrons. The first-order chi connectivity index (χ1) is 13.5. The van der Waals surface area contributed by atoms with Gasteiger partial charge in [-0.2, -0.15) is 8.78 Å². The monoisotopic (exact) mass is 412 g/mol. The van der Waals surface area contributed by atoms with E-state index in [1.54, 1.807) is 24.5 Å². The number of halogens is 2. The van der Waals surface area contributed by atoms with Crippen LogP contribution in [0.4, 0.5) is 8.78 Å². The fraction of sp³-hybridized carbons (Fsp3) is 0.444. The first-order valence-electron chi connectivity index (χ1n) is 8.78. The highest BCUT2D eigenvalue weighted by Crippen LogP contribution is 2.38. The van der Waals surface area contributed by atoms with Crippen LogP contribution in [0.5, 0.6) is 17.2 Å². The van der Waals surface area contributed by atoms with Gasteiger partial charge in [-0.1, -0.05) is 0 Å². The third-order valence-electron chi connectivity index (χ3n) is 3.97. The van der Waals surface area contributed by atoms with Crippen LogP contribution < -0.4 is 24.8 Å². The molecule has 7 nitrogen and oxygen atoms in total. The van der Waals surface area contributed by atoms with Crippen molar-refractivity contribution in [1.82, 2.24) is 15.6 Å². The molecule has 2 aromatic rings. The zero-order valence-corrected chi connectivity index (χ0v) is 16.4. The Kier molecular flexibility index (Phi) is 6.85. The van der Waals surface area contributed by atoms with Crippen LogP contribution in [0.3, 0.4) is 0 Å². The number of rotatable bonds is 8. The molecule has 1 aliphatic rings. The maximum atomic E-state index is 12.7. The molecule has 0 fully saturated rings. The lowest BCUT2D eigenvalue weighted by molar-refractivity contribution is -0.0505. The predicted octanol–water partition coefficient (Wildman–Crippen LogP) is 3.08. The second kappa shape index (κ2) is 9.54. The largest absolute Gasteiger partial charge is 0.454 e. The Labute approximate surface area is 165 Å². The standard InChI is InChI=1S/C18H22F2N4O3S/c1-11-9-28-16(24-11)4-3-5-22-18(21-2)23-8-12-6-14-15(26-10-25-14)7-13(12)27-17(19)20/h6-7,9,17H,3-5,8,10H2,1-2H3,(H2,21,22,23). The van der Waals surface area contributed by atoms with Crippen molar-refractivity contribution in [3.63, 3.8) is 0 Å². The minimum Gasteiger partial charge on any atom is -0.454 e. The number of nitrogens with one attached hydrogen (secondary N) is 2. The van der Waals surface area contributed by atoms with Crippen LogP contribution in [0.15, 0.2) is 22.5 Å². The Hall–Kier alpha value is -2.62. The van der Waals surface area contributed by atoms with E-state index in [1.165, 1.54) is 6.07 Å². The van der Waals surface area contributed by atoms with Gasteiger partial charge in [0.05, 0.1) is 5.01 Å². The van der Waals surface area contributed by atoms with Crippen LogP contribution in [0.25, 0.3) is 0 Å². The van der Waals surface area contributed by atoms with E-state index in [9.17, 15) is 8.78 Å². The average molecular weight is 412 g/mol.